The fraction of sp³-hybridized carbons (Fsp3) is 0.161. The van der Waals surface area contributed by atoms with Gasteiger partial charge in [0, 0.05) is 18.3 Å². The van der Waals surface area contributed by atoms with E-state index >= 15 is 0 Å². The standard InChI is InChI=1S/C31H29N5O2/c1-22-27-21-35(31(37)32-20-23-10-5-3-6-11-23)29(24-15-17-26(38-2)18-16-24)28-14-9-19-34(28)30(27)36(33-22)25-12-7-4-8-13-25/h3-19,29H,20-21H2,1-2H3,(H,32,37). The van der Waals surface area contributed by atoms with E-state index in [1.807, 2.05) is 108 Å². The number of amides is 2. The number of aromatic nitrogens is 3. The molecule has 0 saturated heterocycles. The number of nitrogens with one attached hydrogen (secondary N) is 1. The van der Waals surface area contributed by atoms with Crippen LogP contribution in [0.25, 0.3) is 11.5 Å². The summed E-state index contributed by atoms with van der Waals surface area (Å²) in [5.74, 6) is 1.72. The molecular weight excluding hydrogens is 474 g/mol. The predicted octanol–water partition coefficient (Wildman–Crippen LogP) is 5.79. The third-order valence-electron chi connectivity index (χ3n) is 7.07. The van der Waals surface area contributed by atoms with E-state index in [4.69, 9.17) is 9.84 Å². The number of hydrogen-bond donors (Lipinski definition) is 1. The highest BCUT2D eigenvalue weighted by Gasteiger charge is 2.35. The first kappa shape index (κ1) is 23.6. The molecule has 0 bridgehead atoms. The van der Waals surface area contributed by atoms with Gasteiger partial charge in [0.2, 0.25) is 0 Å². The molecule has 3 heterocycles. The normalized spacial score (nSPS) is 14.4. The Kier molecular flexibility index (Phi) is 6.17. The first-order chi connectivity index (χ1) is 18.6. The van der Waals surface area contributed by atoms with E-state index in [9.17, 15) is 4.79 Å². The van der Waals surface area contributed by atoms with Crippen molar-refractivity contribution >= 4 is 6.03 Å². The molecule has 2 aromatic heterocycles. The minimum Gasteiger partial charge on any atom is -0.497 e. The number of urea groups is 1. The summed E-state index contributed by atoms with van der Waals surface area (Å²) in [6, 6.07) is 31.7. The van der Waals surface area contributed by atoms with Gasteiger partial charge in [-0.1, -0.05) is 60.7 Å². The molecule has 190 valence electrons. The Morgan fingerprint density at radius 3 is 2.37 bits per heavy atom. The largest absolute Gasteiger partial charge is 0.497 e. The Labute approximate surface area is 221 Å². The molecule has 6 rings (SSSR count). The minimum absolute atomic E-state index is 0.137. The molecular formula is C31H29N5O2. The van der Waals surface area contributed by atoms with Crippen LogP contribution in [0, 0.1) is 6.92 Å². The summed E-state index contributed by atoms with van der Waals surface area (Å²) < 4.78 is 9.55. The van der Waals surface area contributed by atoms with Crippen molar-refractivity contribution in [1.82, 2.24) is 24.6 Å². The summed E-state index contributed by atoms with van der Waals surface area (Å²) in [7, 11) is 1.66. The van der Waals surface area contributed by atoms with Crippen LogP contribution in [0.1, 0.15) is 34.1 Å². The second-order valence-electron chi connectivity index (χ2n) is 9.39. The molecule has 38 heavy (non-hydrogen) atoms. The highest BCUT2D eigenvalue weighted by atomic mass is 16.5. The van der Waals surface area contributed by atoms with Crippen molar-refractivity contribution in [3.8, 4) is 17.3 Å². The van der Waals surface area contributed by atoms with Gasteiger partial charge in [-0.2, -0.15) is 5.10 Å². The van der Waals surface area contributed by atoms with Crippen molar-refractivity contribution in [1.29, 1.82) is 0 Å². The molecule has 7 nitrogen and oxygen atoms in total. The number of nitrogens with zero attached hydrogens (tertiary/aromatic N) is 4. The Balaban J connectivity index is 1.48. The van der Waals surface area contributed by atoms with E-state index in [1.54, 1.807) is 7.11 Å². The summed E-state index contributed by atoms with van der Waals surface area (Å²) in [6.45, 7) is 2.86. The molecule has 1 atom stereocenters. The molecule has 1 unspecified atom stereocenters. The van der Waals surface area contributed by atoms with Gasteiger partial charge in [-0.25, -0.2) is 9.48 Å². The monoisotopic (exact) mass is 503 g/mol. The van der Waals surface area contributed by atoms with Crippen molar-refractivity contribution in [3.05, 3.63) is 131 Å². The van der Waals surface area contributed by atoms with Gasteiger partial charge >= 0.3 is 6.03 Å². The van der Waals surface area contributed by atoms with Crippen LogP contribution < -0.4 is 10.1 Å². The zero-order valence-corrected chi connectivity index (χ0v) is 21.4. The summed E-state index contributed by atoms with van der Waals surface area (Å²) in [6.07, 6.45) is 2.05. The van der Waals surface area contributed by atoms with Gasteiger partial charge in [0.1, 0.15) is 11.6 Å². The van der Waals surface area contributed by atoms with Crippen LogP contribution in [0.4, 0.5) is 4.79 Å². The Morgan fingerprint density at radius 1 is 0.947 bits per heavy atom. The number of rotatable bonds is 5. The maximum atomic E-state index is 13.9. The molecule has 2 amide bonds. The number of aryl methyl sites for hydroxylation is 1. The Hall–Kier alpha value is -4.78. The van der Waals surface area contributed by atoms with Gasteiger partial charge in [0.05, 0.1) is 36.8 Å². The molecule has 0 aliphatic carbocycles. The molecule has 0 spiro atoms. The third kappa shape index (κ3) is 4.22. The van der Waals surface area contributed by atoms with Crippen molar-refractivity contribution in [2.75, 3.05) is 7.11 Å². The van der Waals surface area contributed by atoms with Crippen molar-refractivity contribution < 1.29 is 9.53 Å². The summed E-state index contributed by atoms with van der Waals surface area (Å²) in [5, 5.41) is 8.07. The SMILES string of the molecule is COc1ccc(C2c3cccn3-c3c(c(C)nn3-c3ccccc3)CN2C(=O)NCc2ccccc2)cc1. The molecule has 7 heteroatoms. The number of para-hydroxylation sites is 1. The number of carbonyl (C=O) groups is 1. The maximum absolute atomic E-state index is 13.9. The summed E-state index contributed by atoms with van der Waals surface area (Å²) in [4.78, 5) is 15.8. The molecule has 0 fully saturated rings. The second kappa shape index (κ2) is 9.94. The zero-order chi connectivity index (χ0) is 26.1. The highest BCUT2D eigenvalue weighted by Crippen LogP contribution is 2.38. The molecule has 1 aliphatic heterocycles. The van der Waals surface area contributed by atoms with Gasteiger partial charge in [-0.15, -0.1) is 0 Å². The quantitative estimate of drug-likeness (QED) is 0.330. The van der Waals surface area contributed by atoms with E-state index in [0.29, 0.717) is 13.1 Å². The molecule has 1 aliphatic rings. The van der Waals surface area contributed by atoms with Crippen LogP contribution in [0.2, 0.25) is 0 Å². The van der Waals surface area contributed by atoms with Gasteiger partial charge in [0.15, 0.2) is 0 Å². The van der Waals surface area contributed by atoms with Gasteiger partial charge < -0.3 is 19.5 Å². The number of benzene rings is 3. The van der Waals surface area contributed by atoms with E-state index in [2.05, 4.69) is 22.1 Å². The van der Waals surface area contributed by atoms with Crippen LogP contribution in [0.5, 0.6) is 5.75 Å². The van der Waals surface area contributed by atoms with E-state index in [0.717, 1.165) is 45.3 Å². The molecule has 1 N–H and O–H groups in total. The third-order valence-corrected chi connectivity index (χ3v) is 7.07. The van der Waals surface area contributed by atoms with Crippen LogP contribution in [0.3, 0.4) is 0 Å². The Bertz CT molecular complexity index is 1560. The lowest BCUT2D eigenvalue weighted by Crippen LogP contribution is -2.41. The maximum Gasteiger partial charge on any atom is 0.318 e. The lowest BCUT2D eigenvalue weighted by atomic mass is 10.0. The minimum atomic E-state index is -0.317. The molecule has 5 aromatic rings. The smallest absolute Gasteiger partial charge is 0.318 e. The first-order valence-corrected chi connectivity index (χ1v) is 12.7. The zero-order valence-electron chi connectivity index (χ0n) is 21.4. The van der Waals surface area contributed by atoms with Crippen molar-refractivity contribution in [3.63, 3.8) is 0 Å². The summed E-state index contributed by atoms with van der Waals surface area (Å²) in [5.41, 5.74) is 5.91. The van der Waals surface area contributed by atoms with Crippen molar-refractivity contribution in [2.45, 2.75) is 26.1 Å². The second-order valence-corrected chi connectivity index (χ2v) is 9.39. The van der Waals surface area contributed by atoms with Gasteiger partial charge in [-0.05, 0) is 54.4 Å². The topological polar surface area (TPSA) is 64.3 Å². The highest BCUT2D eigenvalue weighted by molar-refractivity contribution is 5.76. The predicted molar refractivity (Wildman–Crippen MR) is 147 cm³/mol. The summed E-state index contributed by atoms with van der Waals surface area (Å²) >= 11 is 0. The number of methoxy groups -OCH3 is 1. The lowest BCUT2D eigenvalue weighted by molar-refractivity contribution is 0.180. The average molecular weight is 504 g/mol. The Morgan fingerprint density at radius 2 is 1.66 bits per heavy atom. The fourth-order valence-corrected chi connectivity index (χ4v) is 5.16. The van der Waals surface area contributed by atoms with E-state index in [-0.39, 0.29) is 12.1 Å². The molecule has 3 aromatic carbocycles. The van der Waals surface area contributed by atoms with Crippen LogP contribution >= 0.6 is 0 Å². The van der Waals surface area contributed by atoms with Gasteiger partial charge in [0.25, 0.3) is 0 Å². The molecule has 0 saturated carbocycles. The average Bonchev–Trinajstić information content (AvgIpc) is 3.53. The first-order valence-electron chi connectivity index (χ1n) is 12.7. The van der Waals surface area contributed by atoms with E-state index in [1.165, 1.54) is 0 Å². The number of fused-ring (bicyclic) bond motifs is 3. The molecule has 0 radical (unpaired) electrons. The fourth-order valence-electron chi connectivity index (χ4n) is 5.16. The van der Waals surface area contributed by atoms with Crippen LogP contribution in [0.15, 0.2) is 103 Å². The van der Waals surface area contributed by atoms with Crippen LogP contribution in [-0.2, 0) is 13.1 Å². The van der Waals surface area contributed by atoms with Crippen LogP contribution in [-0.4, -0.2) is 32.4 Å². The number of carbonyl (C=O) groups excluding carboxylic acids is 1. The number of hydrogen-bond acceptors (Lipinski definition) is 3. The van der Waals surface area contributed by atoms with Gasteiger partial charge in [-0.3, -0.25) is 0 Å². The van der Waals surface area contributed by atoms with E-state index < -0.39 is 0 Å². The lowest BCUT2D eigenvalue weighted by Gasteiger charge is -2.31. The van der Waals surface area contributed by atoms with Crippen molar-refractivity contribution in [2.24, 2.45) is 0 Å². The number of ether oxygens (including phenoxy) is 1.